The second-order valence-corrected chi connectivity index (χ2v) is 6.36. The molecule has 2 N–H and O–H groups in total. The average Bonchev–Trinajstić information content (AvgIpc) is 2.69. The number of anilines is 2. The zero-order valence-electron chi connectivity index (χ0n) is 14.5. The van der Waals surface area contributed by atoms with Crippen molar-refractivity contribution in [3.05, 3.63) is 89.2 Å². The first-order valence-electron chi connectivity index (χ1n) is 8.46. The molecular formula is C21H18ClN3O2. The molecule has 3 aromatic rings. The summed E-state index contributed by atoms with van der Waals surface area (Å²) in [6.07, 6.45) is 3.98. The van der Waals surface area contributed by atoms with E-state index in [1.165, 1.54) is 6.20 Å². The van der Waals surface area contributed by atoms with Crippen molar-refractivity contribution in [3.8, 4) is 0 Å². The molecule has 0 bridgehead atoms. The van der Waals surface area contributed by atoms with Crippen molar-refractivity contribution >= 4 is 34.8 Å². The van der Waals surface area contributed by atoms with E-state index in [1.54, 1.807) is 48.7 Å². The number of amides is 2. The van der Waals surface area contributed by atoms with Gasteiger partial charge in [-0.3, -0.25) is 14.6 Å². The number of rotatable bonds is 6. The Kier molecular flexibility index (Phi) is 6.18. The third kappa shape index (κ3) is 5.39. The summed E-state index contributed by atoms with van der Waals surface area (Å²) in [6, 6.07) is 17.9. The SMILES string of the molecule is O=C(CCc1cccc(Cl)c1)Nc1ccccc1NC(=O)c1cccnc1. The molecular weight excluding hydrogens is 362 g/mol. The molecule has 2 aromatic carbocycles. The van der Waals surface area contributed by atoms with E-state index in [2.05, 4.69) is 15.6 Å². The molecule has 2 amide bonds. The van der Waals surface area contributed by atoms with E-state index in [1.807, 2.05) is 18.2 Å². The van der Waals surface area contributed by atoms with Crippen LogP contribution in [0.15, 0.2) is 73.1 Å². The molecule has 0 fully saturated rings. The molecule has 6 heteroatoms. The van der Waals surface area contributed by atoms with Crippen molar-refractivity contribution in [1.82, 2.24) is 4.98 Å². The number of hydrogen-bond donors (Lipinski definition) is 2. The van der Waals surface area contributed by atoms with Crippen LogP contribution in [0, 0.1) is 0 Å². The van der Waals surface area contributed by atoms with Gasteiger partial charge in [-0.2, -0.15) is 0 Å². The van der Waals surface area contributed by atoms with Gasteiger partial charge in [-0.1, -0.05) is 35.9 Å². The van der Waals surface area contributed by atoms with Crippen molar-refractivity contribution in [2.45, 2.75) is 12.8 Å². The monoisotopic (exact) mass is 379 g/mol. The zero-order chi connectivity index (χ0) is 19.1. The molecule has 1 aromatic heterocycles. The largest absolute Gasteiger partial charge is 0.324 e. The van der Waals surface area contributed by atoms with Gasteiger partial charge in [0.25, 0.3) is 5.91 Å². The number of hydrogen-bond acceptors (Lipinski definition) is 3. The first-order valence-corrected chi connectivity index (χ1v) is 8.84. The van der Waals surface area contributed by atoms with Gasteiger partial charge >= 0.3 is 0 Å². The van der Waals surface area contributed by atoms with E-state index in [-0.39, 0.29) is 11.8 Å². The van der Waals surface area contributed by atoms with E-state index < -0.39 is 0 Å². The lowest BCUT2D eigenvalue weighted by Crippen LogP contribution is -2.17. The molecule has 1 heterocycles. The maximum absolute atomic E-state index is 12.3. The summed E-state index contributed by atoms with van der Waals surface area (Å²) in [7, 11) is 0. The van der Waals surface area contributed by atoms with Crippen LogP contribution in [-0.4, -0.2) is 16.8 Å². The van der Waals surface area contributed by atoms with E-state index in [0.717, 1.165) is 5.56 Å². The zero-order valence-corrected chi connectivity index (χ0v) is 15.2. The van der Waals surface area contributed by atoms with Crippen molar-refractivity contribution in [2.75, 3.05) is 10.6 Å². The maximum atomic E-state index is 12.3. The van der Waals surface area contributed by atoms with E-state index in [0.29, 0.717) is 34.8 Å². The Balaban J connectivity index is 1.63. The van der Waals surface area contributed by atoms with Crippen LogP contribution in [0.4, 0.5) is 11.4 Å². The molecule has 0 aliphatic carbocycles. The predicted octanol–water partition coefficient (Wildman–Crippen LogP) is 4.56. The average molecular weight is 380 g/mol. The summed E-state index contributed by atoms with van der Waals surface area (Å²) in [6.45, 7) is 0. The summed E-state index contributed by atoms with van der Waals surface area (Å²) in [4.78, 5) is 28.6. The molecule has 0 unspecified atom stereocenters. The first-order chi connectivity index (χ1) is 13.1. The van der Waals surface area contributed by atoms with Crippen LogP contribution in [0.2, 0.25) is 5.02 Å². The van der Waals surface area contributed by atoms with Gasteiger partial charge in [0.2, 0.25) is 5.91 Å². The number of para-hydroxylation sites is 2. The molecule has 136 valence electrons. The molecule has 5 nitrogen and oxygen atoms in total. The number of nitrogens with zero attached hydrogens (tertiary/aromatic N) is 1. The topological polar surface area (TPSA) is 71.1 Å². The molecule has 0 aliphatic heterocycles. The minimum Gasteiger partial charge on any atom is -0.324 e. The number of carbonyl (C=O) groups is 2. The Hall–Kier alpha value is -3.18. The Bertz CT molecular complexity index is 945. The molecule has 0 spiro atoms. The number of carbonyl (C=O) groups excluding carboxylic acids is 2. The minimum atomic E-state index is -0.288. The highest BCUT2D eigenvalue weighted by atomic mass is 35.5. The number of nitrogens with one attached hydrogen (secondary N) is 2. The van der Waals surface area contributed by atoms with Crippen LogP contribution in [0.1, 0.15) is 22.3 Å². The number of aromatic nitrogens is 1. The Morgan fingerprint density at radius 1 is 0.926 bits per heavy atom. The third-order valence-corrected chi connectivity index (χ3v) is 4.14. The second-order valence-electron chi connectivity index (χ2n) is 5.92. The molecule has 0 aliphatic rings. The van der Waals surface area contributed by atoms with Crippen LogP contribution in [0.5, 0.6) is 0 Å². The lowest BCUT2D eigenvalue weighted by molar-refractivity contribution is -0.116. The highest BCUT2D eigenvalue weighted by Crippen LogP contribution is 2.22. The molecule has 27 heavy (non-hydrogen) atoms. The van der Waals surface area contributed by atoms with Gasteiger partial charge in [0.1, 0.15) is 0 Å². The summed E-state index contributed by atoms with van der Waals surface area (Å²) in [5.74, 6) is -0.429. The van der Waals surface area contributed by atoms with Crippen LogP contribution in [0.25, 0.3) is 0 Å². The van der Waals surface area contributed by atoms with Crippen LogP contribution in [0.3, 0.4) is 0 Å². The quantitative estimate of drug-likeness (QED) is 0.659. The molecule has 0 radical (unpaired) electrons. The number of benzene rings is 2. The van der Waals surface area contributed by atoms with Crippen molar-refractivity contribution < 1.29 is 9.59 Å². The van der Waals surface area contributed by atoms with Gasteiger partial charge < -0.3 is 10.6 Å². The van der Waals surface area contributed by atoms with Gasteiger partial charge in [-0.05, 0) is 48.4 Å². The maximum Gasteiger partial charge on any atom is 0.257 e. The van der Waals surface area contributed by atoms with Crippen LogP contribution < -0.4 is 10.6 Å². The summed E-state index contributed by atoms with van der Waals surface area (Å²) >= 11 is 5.96. The minimum absolute atomic E-state index is 0.141. The number of aryl methyl sites for hydroxylation is 1. The van der Waals surface area contributed by atoms with Gasteiger partial charge in [0.15, 0.2) is 0 Å². The highest BCUT2D eigenvalue weighted by Gasteiger charge is 2.11. The van der Waals surface area contributed by atoms with Crippen molar-refractivity contribution in [1.29, 1.82) is 0 Å². The summed E-state index contributed by atoms with van der Waals surface area (Å²) < 4.78 is 0. The Morgan fingerprint density at radius 2 is 1.70 bits per heavy atom. The predicted molar refractivity (Wildman–Crippen MR) is 107 cm³/mol. The fourth-order valence-corrected chi connectivity index (χ4v) is 2.77. The molecule has 0 saturated heterocycles. The Morgan fingerprint density at radius 3 is 2.41 bits per heavy atom. The van der Waals surface area contributed by atoms with Gasteiger partial charge in [-0.15, -0.1) is 0 Å². The fourth-order valence-electron chi connectivity index (χ4n) is 2.56. The smallest absolute Gasteiger partial charge is 0.257 e. The second kappa shape index (κ2) is 8.96. The Labute approximate surface area is 162 Å². The van der Waals surface area contributed by atoms with Crippen molar-refractivity contribution in [3.63, 3.8) is 0 Å². The molecule has 0 atom stereocenters. The van der Waals surface area contributed by atoms with E-state index in [9.17, 15) is 9.59 Å². The first kappa shape index (κ1) is 18.6. The highest BCUT2D eigenvalue weighted by molar-refractivity contribution is 6.30. The third-order valence-electron chi connectivity index (χ3n) is 3.90. The van der Waals surface area contributed by atoms with Crippen molar-refractivity contribution in [2.24, 2.45) is 0 Å². The standard InChI is InChI=1S/C21H18ClN3O2/c22-17-7-3-5-15(13-17)10-11-20(26)24-18-8-1-2-9-19(18)25-21(27)16-6-4-12-23-14-16/h1-9,12-14H,10-11H2,(H,24,26)(H,25,27). The van der Waals surface area contributed by atoms with Gasteiger partial charge in [0, 0.05) is 23.8 Å². The van der Waals surface area contributed by atoms with Gasteiger partial charge in [0.05, 0.1) is 16.9 Å². The summed E-state index contributed by atoms with van der Waals surface area (Å²) in [5.41, 5.74) is 2.52. The molecule has 0 saturated carbocycles. The van der Waals surface area contributed by atoms with Crippen LogP contribution in [-0.2, 0) is 11.2 Å². The summed E-state index contributed by atoms with van der Waals surface area (Å²) in [5, 5.41) is 6.30. The number of halogens is 1. The van der Waals surface area contributed by atoms with E-state index >= 15 is 0 Å². The normalized spacial score (nSPS) is 10.3. The van der Waals surface area contributed by atoms with E-state index in [4.69, 9.17) is 11.6 Å². The van der Waals surface area contributed by atoms with Crippen LogP contribution >= 0.6 is 11.6 Å². The lowest BCUT2D eigenvalue weighted by atomic mass is 10.1. The van der Waals surface area contributed by atoms with Gasteiger partial charge in [-0.25, -0.2) is 0 Å². The number of pyridine rings is 1. The lowest BCUT2D eigenvalue weighted by Gasteiger charge is -2.12. The molecule has 3 rings (SSSR count). The fraction of sp³-hybridized carbons (Fsp3) is 0.0952.